The van der Waals surface area contributed by atoms with Crippen molar-refractivity contribution >= 4 is 23.4 Å². The van der Waals surface area contributed by atoms with Crippen molar-refractivity contribution < 1.29 is 14.1 Å². The average Bonchev–Trinajstić information content (AvgIpc) is 1.85. The monoisotopic (exact) mass is 212 g/mol. The lowest BCUT2D eigenvalue weighted by Crippen LogP contribution is -2.18. The largest absolute Gasteiger partial charge is 0.460 e. The third-order valence-corrected chi connectivity index (χ3v) is 5.63. The molecule has 0 amide bonds. The van der Waals surface area contributed by atoms with E-state index < -0.39 is 17.4 Å². The van der Waals surface area contributed by atoms with Gasteiger partial charge in [-0.25, -0.2) is 4.79 Å². The Hall–Kier alpha value is -0.0100. The predicted octanol–water partition coefficient (Wildman–Crippen LogP) is 3.46. The number of carbonyl (C=O) groups excluding carboxylic acids is 1. The lowest BCUT2D eigenvalue weighted by molar-refractivity contribution is 0.178. The van der Waals surface area contributed by atoms with Gasteiger partial charge in [0, 0.05) is 5.16 Å². The molecular weight excluding hydrogens is 199 g/mol. The van der Waals surface area contributed by atoms with E-state index in [1.807, 2.05) is 0 Å². The van der Waals surface area contributed by atoms with Gasteiger partial charge in [-0.2, -0.15) is 0 Å². The van der Waals surface area contributed by atoms with Crippen LogP contribution in [0.4, 0.5) is 4.79 Å². The van der Waals surface area contributed by atoms with Gasteiger partial charge in [-0.3, -0.25) is 4.57 Å². The summed E-state index contributed by atoms with van der Waals surface area (Å²) in [7, 11) is 0. The summed E-state index contributed by atoms with van der Waals surface area (Å²) in [5.74, 6) is 0. The number of hydrogen-bond acceptors (Lipinski definition) is 3. The lowest BCUT2D eigenvalue weighted by atomic mass is 10.3. The van der Waals surface area contributed by atoms with Gasteiger partial charge in [0.2, 0.25) is 0 Å². The summed E-state index contributed by atoms with van der Waals surface area (Å²) in [5.41, 5.74) is -0.792. The van der Waals surface area contributed by atoms with E-state index in [-0.39, 0.29) is 6.61 Å². The molecule has 72 valence electrons. The standard InChI is InChI=1S/C7H14ClO3P/c1-5-11-6(9)12(8,10)7(2,3)4/h5H2,1-4H3. The molecule has 0 aromatic carbocycles. The van der Waals surface area contributed by atoms with E-state index in [1.165, 1.54) is 0 Å². The van der Waals surface area contributed by atoms with E-state index >= 15 is 0 Å². The molecule has 1 atom stereocenters. The first-order valence-corrected chi connectivity index (χ1v) is 6.31. The molecule has 0 saturated heterocycles. The fourth-order valence-electron chi connectivity index (χ4n) is 0.480. The Morgan fingerprint density at radius 2 is 1.92 bits per heavy atom. The fourth-order valence-corrected chi connectivity index (χ4v) is 1.47. The Morgan fingerprint density at radius 3 is 2.17 bits per heavy atom. The number of carbonyl (C=O) groups is 1. The second-order valence-electron chi connectivity index (χ2n) is 3.40. The van der Waals surface area contributed by atoms with E-state index in [4.69, 9.17) is 11.2 Å². The molecule has 3 nitrogen and oxygen atoms in total. The Bertz CT molecular complexity index is 219. The maximum absolute atomic E-state index is 11.6. The first-order valence-electron chi connectivity index (χ1n) is 3.70. The molecular formula is C7H14ClO3P. The maximum Gasteiger partial charge on any atom is 0.379 e. The van der Waals surface area contributed by atoms with E-state index in [0.717, 1.165) is 0 Å². The van der Waals surface area contributed by atoms with Crippen LogP contribution in [0.15, 0.2) is 0 Å². The Morgan fingerprint density at radius 1 is 1.50 bits per heavy atom. The normalized spacial score (nSPS) is 16.8. The molecule has 0 radical (unpaired) electrons. The zero-order valence-electron chi connectivity index (χ0n) is 7.76. The summed E-state index contributed by atoms with van der Waals surface area (Å²) < 4.78 is 16.2. The summed E-state index contributed by atoms with van der Waals surface area (Å²) >= 11 is 5.62. The van der Waals surface area contributed by atoms with E-state index in [9.17, 15) is 9.36 Å². The van der Waals surface area contributed by atoms with Gasteiger partial charge in [0.25, 0.3) is 6.49 Å². The van der Waals surface area contributed by atoms with E-state index in [1.54, 1.807) is 27.7 Å². The van der Waals surface area contributed by atoms with Crippen molar-refractivity contribution in [2.24, 2.45) is 0 Å². The van der Waals surface area contributed by atoms with Crippen molar-refractivity contribution in [2.45, 2.75) is 32.9 Å². The topological polar surface area (TPSA) is 43.4 Å². The molecule has 0 saturated carbocycles. The average molecular weight is 213 g/mol. The van der Waals surface area contributed by atoms with Crippen molar-refractivity contribution in [3.05, 3.63) is 0 Å². The smallest absolute Gasteiger partial charge is 0.379 e. The van der Waals surface area contributed by atoms with Crippen LogP contribution < -0.4 is 0 Å². The summed E-state index contributed by atoms with van der Waals surface area (Å²) in [5, 5.41) is -0.735. The Kier molecular flexibility index (Phi) is 3.80. The number of hydrogen-bond donors (Lipinski definition) is 0. The van der Waals surface area contributed by atoms with Gasteiger partial charge in [0.15, 0.2) is 0 Å². The first-order chi connectivity index (χ1) is 5.23. The number of halogens is 1. The molecule has 0 spiro atoms. The summed E-state index contributed by atoms with van der Waals surface area (Å²) in [6.45, 7) is 3.43. The first kappa shape index (κ1) is 12.0. The Balaban J connectivity index is 4.63. The van der Waals surface area contributed by atoms with Gasteiger partial charge in [-0.1, -0.05) is 20.8 Å². The molecule has 12 heavy (non-hydrogen) atoms. The van der Waals surface area contributed by atoms with Crippen molar-refractivity contribution in [1.29, 1.82) is 0 Å². The molecule has 0 aromatic rings. The molecule has 0 aromatic heterocycles. The maximum atomic E-state index is 11.6. The van der Waals surface area contributed by atoms with Crippen LogP contribution in [-0.2, 0) is 9.30 Å². The molecule has 0 aliphatic rings. The zero-order valence-corrected chi connectivity index (χ0v) is 9.41. The molecule has 5 heteroatoms. The molecule has 0 N–H and O–H groups in total. The van der Waals surface area contributed by atoms with Crippen molar-refractivity contribution in [3.63, 3.8) is 0 Å². The molecule has 0 heterocycles. The van der Waals surface area contributed by atoms with Crippen molar-refractivity contribution in [1.82, 2.24) is 0 Å². The van der Waals surface area contributed by atoms with Crippen LogP contribution in [0, 0.1) is 0 Å². The van der Waals surface area contributed by atoms with Gasteiger partial charge in [-0.05, 0) is 18.2 Å². The highest BCUT2D eigenvalue weighted by Gasteiger charge is 2.43. The zero-order chi connectivity index (χ0) is 9.99. The van der Waals surface area contributed by atoms with Crippen LogP contribution in [0.3, 0.4) is 0 Å². The highest BCUT2D eigenvalue weighted by atomic mass is 35.7. The summed E-state index contributed by atoms with van der Waals surface area (Å²) in [4.78, 5) is 11.1. The fraction of sp³-hybridized carbons (Fsp3) is 0.857. The van der Waals surface area contributed by atoms with Crippen LogP contribution in [-0.4, -0.2) is 17.5 Å². The van der Waals surface area contributed by atoms with Crippen LogP contribution in [0.25, 0.3) is 0 Å². The van der Waals surface area contributed by atoms with Crippen molar-refractivity contribution in [2.75, 3.05) is 6.61 Å². The number of rotatable bonds is 2. The van der Waals surface area contributed by atoms with Gasteiger partial charge in [0.05, 0.1) is 6.61 Å². The lowest BCUT2D eigenvalue weighted by Gasteiger charge is -2.22. The predicted molar refractivity (Wildman–Crippen MR) is 50.2 cm³/mol. The van der Waals surface area contributed by atoms with Crippen molar-refractivity contribution in [3.8, 4) is 0 Å². The summed E-state index contributed by atoms with van der Waals surface area (Å²) in [6, 6.07) is 0. The quantitative estimate of drug-likeness (QED) is 0.659. The van der Waals surface area contributed by atoms with Gasteiger partial charge in [-0.15, -0.1) is 0 Å². The molecule has 0 aliphatic carbocycles. The second kappa shape index (κ2) is 3.80. The van der Waals surface area contributed by atoms with Gasteiger partial charge >= 0.3 is 5.71 Å². The van der Waals surface area contributed by atoms with Gasteiger partial charge in [0.1, 0.15) is 0 Å². The minimum Gasteiger partial charge on any atom is -0.460 e. The molecule has 1 unspecified atom stereocenters. The van der Waals surface area contributed by atoms with E-state index in [0.29, 0.717) is 0 Å². The summed E-state index contributed by atoms with van der Waals surface area (Å²) in [6.07, 6.45) is 0. The van der Waals surface area contributed by atoms with Crippen LogP contribution >= 0.6 is 17.7 Å². The SMILES string of the molecule is CCOC(=O)P(=O)(Cl)C(C)(C)C. The van der Waals surface area contributed by atoms with E-state index in [2.05, 4.69) is 4.74 Å². The third-order valence-electron chi connectivity index (χ3n) is 1.37. The molecule has 0 bridgehead atoms. The second-order valence-corrected chi connectivity index (χ2v) is 7.60. The Labute approximate surface area is 77.6 Å². The molecule has 0 aliphatic heterocycles. The minimum atomic E-state index is -3.37. The third kappa shape index (κ3) is 2.49. The van der Waals surface area contributed by atoms with Crippen LogP contribution in [0.2, 0.25) is 0 Å². The minimum absolute atomic E-state index is 0.200. The molecule has 0 rings (SSSR count). The molecule has 0 fully saturated rings. The van der Waals surface area contributed by atoms with Crippen LogP contribution in [0.5, 0.6) is 0 Å². The van der Waals surface area contributed by atoms with Crippen LogP contribution in [0.1, 0.15) is 27.7 Å². The highest BCUT2D eigenvalue weighted by Crippen LogP contribution is 2.63. The highest BCUT2D eigenvalue weighted by molar-refractivity contribution is 8.02. The van der Waals surface area contributed by atoms with Gasteiger partial charge < -0.3 is 4.74 Å². The number of ether oxygens (including phenoxy) is 1.